The summed E-state index contributed by atoms with van der Waals surface area (Å²) in [6, 6.07) is 13.7. The topological polar surface area (TPSA) is 96.1 Å². The molecule has 4 rings (SSSR count). The average Bonchev–Trinajstić information content (AvgIpc) is 3.11. The smallest absolute Gasteiger partial charge is 0.337 e. The number of rotatable bonds is 4. The van der Waals surface area contributed by atoms with Crippen LogP contribution in [-0.2, 0) is 4.74 Å². The number of hydrogen-bond acceptors (Lipinski definition) is 4. The SMILES string of the molecule is COC(=O)c1ccc(NC(=O)Nc2c(-c3cccnc3)[nH]c3ccc(F)cc23)cc1. The number of nitrogens with one attached hydrogen (secondary N) is 3. The van der Waals surface area contributed by atoms with Gasteiger partial charge in [0, 0.05) is 34.5 Å². The lowest BCUT2D eigenvalue weighted by Crippen LogP contribution is -2.19. The second kappa shape index (κ2) is 8.04. The minimum Gasteiger partial charge on any atom is -0.465 e. The van der Waals surface area contributed by atoms with E-state index < -0.39 is 17.8 Å². The Bertz CT molecular complexity index is 1220. The van der Waals surface area contributed by atoms with E-state index in [1.807, 2.05) is 6.07 Å². The number of nitrogens with zero attached hydrogens (tertiary/aromatic N) is 1. The molecule has 0 radical (unpaired) electrons. The van der Waals surface area contributed by atoms with Crippen molar-refractivity contribution in [3.63, 3.8) is 0 Å². The van der Waals surface area contributed by atoms with Crippen molar-refractivity contribution >= 4 is 34.3 Å². The number of benzene rings is 2. The summed E-state index contributed by atoms with van der Waals surface area (Å²) >= 11 is 0. The minimum absolute atomic E-state index is 0.370. The largest absolute Gasteiger partial charge is 0.465 e. The molecule has 2 aromatic carbocycles. The number of hydrogen-bond donors (Lipinski definition) is 3. The average molecular weight is 404 g/mol. The molecular weight excluding hydrogens is 387 g/mol. The number of aromatic nitrogens is 2. The standard InChI is InChI=1S/C22H17FN4O3/c1-30-21(28)13-4-7-16(8-5-13)25-22(29)27-20-17-11-15(23)6-9-18(17)26-19(20)14-3-2-10-24-12-14/h2-12,26H,1H3,(H2,25,27,29). The van der Waals surface area contributed by atoms with Gasteiger partial charge in [-0.3, -0.25) is 4.98 Å². The lowest BCUT2D eigenvalue weighted by molar-refractivity contribution is 0.0600. The number of ether oxygens (including phenoxy) is 1. The fourth-order valence-corrected chi connectivity index (χ4v) is 3.10. The van der Waals surface area contributed by atoms with Gasteiger partial charge in [0.15, 0.2) is 0 Å². The number of fused-ring (bicyclic) bond motifs is 1. The van der Waals surface area contributed by atoms with Crippen LogP contribution in [-0.4, -0.2) is 29.1 Å². The molecule has 3 N–H and O–H groups in total. The summed E-state index contributed by atoms with van der Waals surface area (Å²) in [5.74, 6) is -0.881. The van der Waals surface area contributed by atoms with E-state index >= 15 is 0 Å². The predicted molar refractivity (Wildman–Crippen MR) is 112 cm³/mol. The summed E-state index contributed by atoms with van der Waals surface area (Å²) in [6.07, 6.45) is 3.29. The zero-order chi connectivity index (χ0) is 21.1. The van der Waals surface area contributed by atoms with Crippen molar-refractivity contribution < 1.29 is 18.7 Å². The fraction of sp³-hybridized carbons (Fsp3) is 0.0455. The number of carbonyl (C=O) groups excluding carboxylic acids is 2. The van der Waals surface area contributed by atoms with E-state index in [1.54, 1.807) is 48.8 Å². The first-order valence-corrected chi connectivity index (χ1v) is 9.03. The maximum atomic E-state index is 13.9. The highest BCUT2D eigenvalue weighted by molar-refractivity contribution is 6.10. The van der Waals surface area contributed by atoms with Gasteiger partial charge in [0.2, 0.25) is 0 Å². The Morgan fingerprint density at radius 3 is 2.57 bits per heavy atom. The summed E-state index contributed by atoms with van der Waals surface area (Å²) in [7, 11) is 1.30. The number of methoxy groups -OCH3 is 1. The number of H-pyrrole nitrogens is 1. The van der Waals surface area contributed by atoms with Crippen LogP contribution >= 0.6 is 0 Å². The van der Waals surface area contributed by atoms with Gasteiger partial charge in [0.25, 0.3) is 0 Å². The van der Waals surface area contributed by atoms with Crippen LogP contribution < -0.4 is 10.6 Å². The third-order valence-corrected chi connectivity index (χ3v) is 4.51. The molecule has 2 aromatic heterocycles. The molecule has 0 fully saturated rings. The van der Waals surface area contributed by atoms with Gasteiger partial charge in [0.1, 0.15) is 5.82 Å². The van der Waals surface area contributed by atoms with Gasteiger partial charge in [0.05, 0.1) is 24.1 Å². The molecule has 0 bridgehead atoms. The molecule has 0 aliphatic rings. The van der Waals surface area contributed by atoms with Gasteiger partial charge < -0.3 is 20.4 Å². The number of halogens is 1. The van der Waals surface area contributed by atoms with Crippen molar-refractivity contribution in [1.82, 2.24) is 9.97 Å². The van der Waals surface area contributed by atoms with Crippen LogP contribution in [0.4, 0.5) is 20.6 Å². The van der Waals surface area contributed by atoms with Gasteiger partial charge in [-0.1, -0.05) is 0 Å². The van der Waals surface area contributed by atoms with E-state index in [4.69, 9.17) is 0 Å². The van der Waals surface area contributed by atoms with Crippen LogP contribution in [0.1, 0.15) is 10.4 Å². The van der Waals surface area contributed by atoms with E-state index in [0.717, 1.165) is 5.56 Å². The molecule has 150 valence electrons. The molecule has 0 saturated carbocycles. The summed E-state index contributed by atoms with van der Waals surface area (Å²) in [5.41, 5.74) is 3.31. The van der Waals surface area contributed by atoms with Crippen LogP contribution in [0.15, 0.2) is 67.0 Å². The maximum Gasteiger partial charge on any atom is 0.337 e. The maximum absolute atomic E-state index is 13.9. The number of amides is 2. The normalized spacial score (nSPS) is 10.6. The van der Waals surface area contributed by atoms with Crippen molar-refractivity contribution in [2.24, 2.45) is 0 Å². The Morgan fingerprint density at radius 2 is 1.87 bits per heavy atom. The highest BCUT2D eigenvalue weighted by Gasteiger charge is 2.17. The van der Waals surface area contributed by atoms with E-state index in [2.05, 4.69) is 25.3 Å². The first-order valence-electron chi connectivity index (χ1n) is 9.03. The number of pyridine rings is 1. The zero-order valence-corrected chi connectivity index (χ0v) is 15.9. The van der Waals surface area contributed by atoms with E-state index in [1.165, 1.54) is 19.2 Å². The molecule has 4 aromatic rings. The van der Waals surface area contributed by atoms with Crippen molar-refractivity contribution in [3.05, 3.63) is 78.4 Å². The first-order chi connectivity index (χ1) is 14.5. The third-order valence-electron chi connectivity index (χ3n) is 4.51. The number of carbonyl (C=O) groups is 2. The summed E-state index contributed by atoms with van der Waals surface area (Å²) in [4.78, 5) is 31.5. The van der Waals surface area contributed by atoms with Crippen molar-refractivity contribution in [1.29, 1.82) is 0 Å². The summed E-state index contributed by atoms with van der Waals surface area (Å²) in [5, 5.41) is 6.02. The molecule has 0 spiro atoms. The lowest BCUT2D eigenvalue weighted by atomic mass is 10.1. The Kier molecular flexibility index (Phi) is 5.13. The van der Waals surface area contributed by atoms with Crippen molar-refractivity contribution in [2.75, 3.05) is 17.7 Å². The molecule has 2 heterocycles. The molecule has 0 unspecified atom stereocenters. The van der Waals surface area contributed by atoms with Crippen LogP contribution in [0.5, 0.6) is 0 Å². The second-order valence-corrected chi connectivity index (χ2v) is 6.45. The third kappa shape index (κ3) is 3.83. The molecule has 0 saturated heterocycles. The minimum atomic E-state index is -0.517. The van der Waals surface area contributed by atoms with E-state index in [-0.39, 0.29) is 0 Å². The summed E-state index contributed by atoms with van der Waals surface area (Å²) in [6.45, 7) is 0. The number of anilines is 2. The second-order valence-electron chi connectivity index (χ2n) is 6.45. The number of esters is 1. The van der Waals surface area contributed by atoms with Gasteiger partial charge in [-0.05, 0) is 54.6 Å². The highest BCUT2D eigenvalue weighted by atomic mass is 19.1. The first kappa shape index (κ1) is 19.1. The molecule has 8 heteroatoms. The van der Waals surface area contributed by atoms with E-state index in [9.17, 15) is 14.0 Å². The van der Waals surface area contributed by atoms with Crippen LogP contribution in [0, 0.1) is 5.82 Å². The fourth-order valence-electron chi connectivity index (χ4n) is 3.10. The molecular formula is C22H17FN4O3. The molecule has 0 atom stereocenters. The zero-order valence-electron chi connectivity index (χ0n) is 15.9. The van der Waals surface area contributed by atoms with Crippen LogP contribution in [0.25, 0.3) is 22.2 Å². The Labute approximate surface area is 170 Å². The van der Waals surface area contributed by atoms with Crippen molar-refractivity contribution in [2.45, 2.75) is 0 Å². The van der Waals surface area contributed by atoms with Gasteiger partial charge in [-0.25, -0.2) is 14.0 Å². The van der Waals surface area contributed by atoms with Crippen molar-refractivity contribution in [3.8, 4) is 11.3 Å². The van der Waals surface area contributed by atoms with Gasteiger partial charge >= 0.3 is 12.0 Å². The molecule has 30 heavy (non-hydrogen) atoms. The molecule has 0 aliphatic carbocycles. The van der Waals surface area contributed by atoms with Crippen LogP contribution in [0.2, 0.25) is 0 Å². The molecule has 7 nitrogen and oxygen atoms in total. The quantitative estimate of drug-likeness (QED) is 0.426. The monoisotopic (exact) mass is 404 g/mol. The number of aromatic amines is 1. The predicted octanol–water partition coefficient (Wildman–Crippen LogP) is 4.80. The van der Waals surface area contributed by atoms with Crippen LogP contribution in [0.3, 0.4) is 0 Å². The highest BCUT2D eigenvalue weighted by Crippen LogP contribution is 2.35. The Hall–Kier alpha value is -4.20. The van der Waals surface area contributed by atoms with Gasteiger partial charge in [-0.2, -0.15) is 0 Å². The van der Waals surface area contributed by atoms with Gasteiger partial charge in [-0.15, -0.1) is 0 Å². The lowest BCUT2D eigenvalue weighted by Gasteiger charge is -2.10. The van der Waals surface area contributed by atoms with E-state index in [0.29, 0.717) is 33.5 Å². The molecule has 0 aliphatic heterocycles. The molecule has 2 amide bonds. The summed E-state index contributed by atoms with van der Waals surface area (Å²) < 4.78 is 18.5. The Balaban J connectivity index is 1.63. The Morgan fingerprint density at radius 1 is 1.07 bits per heavy atom. The number of urea groups is 1.